The predicted molar refractivity (Wildman–Crippen MR) is 78.7 cm³/mol. The largest absolute Gasteiger partial charge is 0.341 e. The number of benzene rings is 2. The lowest BCUT2D eigenvalue weighted by atomic mass is 10.1. The number of halogens is 1. The fourth-order valence-electron chi connectivity index (χ4n) is 1.97. The number of carbonyl (C=O) groups is 1. The van der Waals surface area contributed by atoms with Gasteiger partial charge in [0.1, 0.15) is 0 Å². The van der Waals surface area contributed by atoms with Crippen LogP contribution in [0.1, 0.15) is 17.3 Å². The topological polar surface area (TPSA) is 20.3 Å². The Bertz CT molecular complexity index is 539. The number of para-hydroxylation sites is 1. The van der Waals surface area contributed by atoms with Gasteiger partial charge in [-0.05, 0) is 37.3 Å². The first-order chi connectivity index (χ1) is 8.76. The lowest BCUT2D eigenvalue weighted by Gasteiger charge is -2.24. The molecule has 0 bridgehead atoms. The van der Waals surface area contributed by atoms with E-state index in [9.17, 15) is 4.79 Å². The quantitative estimate of drug-likeness (QED) is 0.779. The van der Waals surface area contributed by atoms with Crippen LogP contribution < -0.4 is 4.90 Å². The number of rotatable bonds is 4. The smallest absolute Gasteiger partial charge is 0.152 e. The van der Waals surface area contributed by atoms with Gasteiger partial charge in [0.2, 0.25) is 0 Å². The highest BCUT2D eigenvalue weighted by atomic mass is 79.9. The van der Waals surface area contributed by atoms with Crippen molar-refractivity contribution in [3.05, 3.63) is 58.6 Å². The molecule has 2 aromatic rings. The fraction of sp³-hybridized carbons (Fsp3) is 0.133. The summed E-state index contributed by atoms with van der Waals surface area (Å²) >= 11 is 3.39. The molecule has 0 fully saturated rings. The molecule has 0 N–H and O–H groups in total. The zero-order valence-corrected chi connectivity index (χ0v) is 11.7. The van der Waals surface area contributed by atoms with Gasteiger partial charge in [-0.15, -0.1) is 0 Å². The minimum atomic E-state index is 0.690. The molecule has 0 saturated heterocycles. The van der Waals surface area contributed by atoms with Crippen LogP contribution in [0.3, 0.4) is 0 Å². The van der Waals surface area contributed by atoms with Crippen molar-refractivity contribution >= 4 is 33.6 Å². The molecule has 0 unspecified atom stereocenters. The Morgan fingerprint density at radius 2 is 1.89 bits per heavy atom. The van der Waals surface area contributed by atoms with Crippen LogP contribution in [-0.4, -0.2) is 12.8 Å². The molecule has 0 aliphatic carbocycles. The molecule has 0 radical (unpaired) electrons. The van der Waals surface area contributed by atoms with E-state index in [2.05, 4.69) is 27.8 Å². The Morgan fingerprint density at radius 1 is 1.17 bits per heavy atom. The minimum absolute atomic E-state index is 0.690. The van der Waals surface area contributed by atoms with Crippen LogP contribution in [0.15, 0.2) is 53.0 Å². The Labute approximate surface area is 115 Å². The number of aldehydes is 1. The van der Waals surface area contributed by atoms with Crippen molar-refractivity contribution < 1.29 is 4.79 Å². The Balaban J connectivity index is 2.48. The van der Waals surface area contributed by atoms with Crippen LogP contribution in [-0.2, 0) is 0 Å². The molecule has 0 heterocycles. The van der Waals surface area contributed by atoms with Crippen LogP contribution in [0.2, 0.25) is 0 Å². The first-order valence-electron chi connectivity index (χ1n) is 5.83. The van der Waals surface area contributed by atoms with E-state index in [0.717, 1.165) is 28.7 Å². The van der Waals surface area contributed by atoms with Gasteiger partial charge in [0.15, 0.2) is 6.29 Å². The molecule has 0 amide bonds. The van der Waals surface area contributed by atoms with Gasteiger partial charge in [-0.2, -0.15) is 0 Å². The summed E-state index contributed by atoms with van der Waals surface area (Å²) in [5, 5.41) is 0. The van der Waals surface area contributed by atoms with E-state index < -0.39 is 0 Å². The number of carbonyl (C=O) groups excluding carboxylic acids is 1. The van der Waals surface area contributed by atoms with Crippen molar-refractivity contribution in [3.63, 3.8) is 0 Å². The second-order valence-corrected chi connectivity index (χ2v) is 4.82. The van der Waals surface area contributed by atoms with E-state index in [-0.39, 0.29) is 0 Å². The van der Waals surface area contributed by atoms with Crippen molar-refractivity contribution in [2.75, 3.05) is 11.4 Å². The van der Waals surface area contributed by atoms with E-state index in [1.165, 1.54) is 0 Å². The van der Waals surface area contributed by atoms with Crippen molar-refractivity contribution in [3.8, 4) is 0 Å². The predicted octanol–water partition coefficient (Wildman–Crippen LogP) is 4.42. The molecule has 2 rings (SSSR count). The lowest BCUT2D eigenvalue weighted by Crippen LogP contribution is -2.17. The first kappa shape index (κ1) is 12.8. The maximum absolute atomic E-state index is 11.2. The summed E-state index contributed by atoms with van der Waals surface area (Å²) in [7, 11) is 0. The highest BCUT2D eigenvalue weighted by Gasteiger charge is 2.11. The third-order valence-electron chi connectivity index (χ3n) is 2.79. The summed E-state index contributed by atoms with van der Waals surface area (Å²) in [6.07, 6.45) is 0.895. The van der Waals surface area contributed by atoms with Crippen LogP contribution >= 0.6 is 15.9 Å². The molecule has 0 saturated carbocycles. The fourth-order valence-corrected chi connectivity index (χ4v) is 2.34. The maximum Gasteiger partial charge on any atom is 0.152 e. The Morgan fingerprint density at radius 3 is 2.50 bits per heavy atom. The molecule has 0 atom stereocenters. The van der Waals surface area contributed by atoms with Crippen molar-refractivity contribution in [2.24, 2.45) is 0 Å². The average Bonchev–Trinajstić information content (AvgIpc) is 2.42. The third kappa shape index (κ3) is 2.62. The molecule has 2 aromatic carbocycles. The van der Waals surface area contributed by atoms with E-state index >= 15 is 0 Å². The van der Waals surface area contributed by atoms with Gasteiger partial charge in [-0.25, -0.2) is 0 Å². The standard InChI is InChI=1S/C15H14BrNO/c1-2-17(14-6-4-3-5-7-14)15-9-8-13(16)10-12(15)11-18/h3-11H,2H2,1H3. The third-order valence-corrected chi connectivity index (χ3v) is 3.28. The zero-order chi connectivity index (χ0) is 13.0. The summed E-state index contributed by atoms with van der Waals surface area (Å²) < 4.78 is 0.914. The molecule has 0 aliphatic rings. The lowest BCUT2D eigenvalue weighted by molar-refractivity contribution is 0.112. The second-order valence-electron chi connectivity index (χ2n) is 3.90. The monoisotopic (exact) mass is 303 g/mol. The minimum Gasteiger partial charge on any atom is -0.341 e. The van der Waals surface area contributed by atoms with Crippen LogP contribution in [0.5, 0.6) is 0 Å². The molecule has 0 spiro atoms. The highest BCUT2D eigenvalue weighted by Crippen LogP contribution is 2.29. The molecule has 0 aromatic heterocycles. The van der Waals surface area contributed by atoms with E-state index in [4.69, 9.17) is 0 Å². The average molecular weight is 304 g/mol. The number of hydrogen-bond donors (Lipinski definition) is 0. The van der Waals surface area contributed by atoms with Crippen LogP contribution in [0.4, 0.5) is 11.4 Å². The van der Waals surface area contributed by atoms with Crippen LogP contribution in [0, 0.1) is 0 Å². The number of anilines is 2. The summed E-state index contributed by atoms with van der Waals surface area (Å²) in [6, 6.07) is 15.8. The van der Waals surface area contributed by atoms with Crippen molar-refractivity contribution in [1.29, 1.82) is 0 Å². The zero-order valence-electron chi connectivity index (χ0n) is 10.1. The van der Waals surface area contributed by atoms with Gasteiger partial charge in [0.25, 0.3) is 0 Å². The molecule has 92 valence electrons. The Kier molecular flexibility index (Phi) is 4.15. The van der Waals surface area contributed by atoms with Crippen molar-refractivity contribution in [1.82, 2.24) is 0 Å². The van der Waals surface area contributed by atoms with E-state index in [0.29, 0.717) is 5.56 Å². The van der Waals surface area contributed by atoms with Gasteiger partial charge < -0.3 is 4.90 Å². The van der Waals surface area contributed by atoms with E-state index in [1.807, 2.05) is 48.5 Å². The summed E-state index contributed by atoms with van der Waals surface area (Å²) in [4.78, 5) is 13.3. The molecular weight excluding hydrogens is 290 g/mol. The Hall–Kier alpha value is -1.61. The molecule has 2 nitrogen and oxygen atoms in total. The summed E-state index contributed by atoms with van der Waals surface area (Å²) in [6.45, 7) is 2.89. The molecule has 0 aliphatic heterocycles. The van der Waals surface area contributed by atoms with Gasteiger partial charge in [-0.3, -0.25) is 4.79 Å². The summed E-state index contributed by atoms with van der Waals surface area (Å²) in [5.41, 5.74) is 2.71. The highest BCUT2D eigenvalue weighted by molar-refractivity contribution is 9.10. The van der Waals surface area contributed by atoms with Crippen molar-refractivity contribution in [2.45, 2.75) is 6.92 Å². The van der Waals surface area contributed by atoms with E-state index in [1.54, 1.807) is 0 Å². The number of nitrogens with zero attached hydrogens (tertiary/aromatic N) is 1. The first-order valence-corrected chi connectivity index (χ1v) is 6.63. The SMILES string of the molecule is CCN(c1ccccc1)c1ccc(Br)cc1C=O. The van der Waals surface area contributed by atoms with Gasteiger partial charge in [0, 0.05) is 22.3 Å². The normalized spacial score (nSPS) is 10.1. The van der Waals surface area contributed by atoms with Crippen LogP contribution in [0.25, 0.3) is 0 Å². The van der Waals surface area contributed by atoms with Gasteiger partial charge >= 0.3 is 0 Å². The maximum atomic E-state index is 11.2. The molecule has 3 heteroatoms. The summed E-state index contributed by atoms with van der Waals surface area (Å²) in [5.74, 6) is 0. The van der Waals surface area contributed by atoms with Gasteiger partial charge in [0.05, 0.1) is 5.69 Å². The second kappa shape index (κ2) is 5.83. The molecular formula is C15H14BrNO. The molecule has 18 heavy (non-hydrogen) atoms. The van der Waals surface area contributed by atoms with Gasteiger partial charge in [-0.1, -0.05) is 34.1 Å². The number of hydrogen-bond acceptors (Lipinski definition) is 2.